The van der Waals surface area contributed by atoms with E-state index in [2.05, 4.69) is 45.2 Å². The zero-order valence-electron chi connectivity index (χ0n) is 10.7. The van der Waals surface area contributed by atoms with Crippen LogP contribution in [0.5, 0.6) is 0 Å². The van der Waals surface area contributed by atoms with Crippen molar-refractivity contribution >= 4 is 0 Å². The summed E-state index contributed by atoms with van der Waals surface area (Å²) in [6, 6.07) is 4.83. The molecular formula is C13H19N5. The first-order chi connectivity index (χ1) is 8.83. The van der Waals surface area contributed by atoms with Gasteiger partial charge in [-0.1, -0.05) is 5.21 Å². The van der Waals surface area contributed by atoms with Gasteiger partial charge in [0.05, 0.1) is 12.2 Å². The van der Waals surface area contributed by atoms with Gasteiger partial charge in [0.2, 0.25) is 0 Å². The molecule has 2 aromatic heterocycles. The number of likely N-dealkylation sites (tertiary alicyclic amines) is 1. The van der Waals surface area contributed by atoms with E-state index in [1.54, 1.807) is 6.20 Å². The molecule has 0 atom stereocenters. The lowest BCUT2D eigenvalue weighted by molar-refractivity contribution is 0.169. The molecule has 3 rings (SSSR count). The van der Waals surface area contributed by atoms with Crippen LogP contribution < -0.4 is 0 Å². The molecule has 18 heavy (non-hydrogen) atoms. The number of rotatable bonds is 3. The molecule has 0 aliphatic carbocycles. The lowest BCUT2D eigenvalue weighted by Gasteiger charge is -2.31. The van der Waals surface area contributed by atoms with Gasteiger partial charge in [0, 0.05) is 44.8 Å². The number of piperidine rings is 1. The molecule has 5 nitrogen and oxygen atoms in total. The highest BCUT2D eigenvalue weighted by Crippen LogP contribution is 2.22. The average Bonchev–Trinajstić information content (AvgIpc) is 3.03. The monoisotopic (exact) mass is 245 g/mol. The predicted molar refractivity (Wildman–Crippen MR) is 69.0 cm³/mol. The summed E-state index contributed by atoms with van der Waals surface area (Å²) in [6.45, 7) is 3.32. The zero-order chi connectivity index (χ0) is 12.4. The summed E-state index contributed by atoms with van der Waals surface area (Å²) >= 11 is 0. The van der Waals surface area contributed by atoms with Crippen molar-refractivity contribution < 1.29 is 0 Å². The van der Waals surface area contributed by atoms with Gasteiger partial charge in [-0.05, 0) is 25.0 Å². The Bertz CT molecular complexity index is 479. The Morgan fingerprint density at radius 2 is 2.11 bits per heavy atom. The lowest BCUT2D eigenvalue weighted by atomic mass is 10.1. The van der Waals surface area contributed by atoms with Gasteiger partial charge in [0.25, 0.3) is 0 Å². The lowest BCUT2D eigenvalue weighted by Crippen LogP contribution is -2.34. The standard InChI is InChI=1S/C13H19N5/c1-16-7-2-3-13(16)11-17-8-4-12(5-9-17)18-10-6-14-15-18/h2-3,6-7,10,12H,4-5,8-9,11H2,1H3. The van der Waals surface area contributed by atoms with E-state index in [1.165, 1.54) is 5.69 Å². The van der Waals surface area contributed by atoms with E-state index in [0.717, 1.165) is 32.5 Å². The fraction of sp³-hybridized carbons (Fsp3) is 0.538. The Labute approximate surface area is 107 Å². The minimum atomic E-state index is 0.525. The van der Waals surface area contributed by atoms with Crippen molar-refractivity contribution in [3.05, 3.63) is 36.4 Å². The van der Waals surface area contributed by atoms with Gasteiger partial charge in [-0.2, -0.15) is 0 Å². The fourth-order valence-electron chi connectivity index (χ4n) is 2.64. The maximum atomic E-state index is 4.10. The summed E-state index contributed by atoms with van der Waals surface area (Å²) in [6.07, 6.45) is 8.16. The number of hydrogen-bond acceptors (Lipinski definition) is 3. The van der Waals surface area contributed by atoms with Crippen molar-refractivity contribution in [3.8, 4) is 0 Å². The van der Waals surface area contributed by atoms with Crippen molar-refractivity contribution in [2.75, 3.05) is 13.1 Å². The van der Waals surface area contributed by atoms with E-state index in [4.69, 9.17) is 0 Å². The highest BCUT2D eigenvalue weighted by molar-refractivity contribution is 5.06. The van der Waals surface area contributed by atoms with Crippen molar-refractivity contribution in [3.63, 3.8) is 0 Å². The molecule has 1 aliphatic rings. The average molecular weight is 245 g/mol. The van der Waals surface area contributed by atoms with E-state index in [0.29, 0.717) is 6.04 Å². The molecule has 1 fully saturated rings. The number of hydrogen-bond donors (Lipinski definition) is 0. The molecule has 1 saturated heterocycles. The quantitative estimate of drug-likeness (QED) is 0.821. The van der Waals surface area contributed by atoms with Gasteiger partial charge >= 0.3 is 0 Å². The van der Waals surface area contributed by atoms with Crippen LogP contribution in [0.25, 0.3) is 0 Å². The fourth-order valence-corrected chi connectivity index (χ4v) is 2.64. The minimum absolute atomic E-state index is 0.525. The van der Waals surface area contributed by atoms with Crippen LogP contribution in [0, 0.1) is 0 Å². The molecule has 0 radical (unpaired) electrons. The largest absolute Gasteiger partial charge is 0.353 e. The van der Waals surface area contributed by atoms with E-state index in [9.17, 15) is 0 Å². The van der Waals surface area contributed by atoms with Crippen LogP contribution in [0.2, 0.25) is 0 Å². The summed E-state index contributed by atoms with van der Waals surface area (Å²) < 4.78 is 4.20. The molecule has 0 spiro atoms. The highest BCUT2D eigenvalue weighted by atomic mass is 15.4. The van der Waals surface area contributed by atoms with Crippen LogP contribution in [-0.4, -0.2) is 37.6 Å². The Hall–Kier alpha value is -1.62. The summed E-state index contributed by atoms with van der Waals surface area (Å²) in [5.74, 6) is 0. The van der Waals surface area contributed by atoms with Gasteiger partial charge in [-0.25, -0.2) is 4.68 Å². The van der Waals surface area contributed by atoms with Crippen LogP contribution in [-0.2, 0) is 13.6 Å². The number of aromatic nitrogens is 4. The summed E-state index contributed by atoms with van der Waals surface area (Å²) in [5.41, 5.74) is 1.38. The zero-order valence-corrected chi connectivity index (χ0v) is 10.7. The molecule has 0 aromatic carbocycles. The van der Waals surface area contributed by atoms with E-state index in [1.807, 2.05) is 10.9 Å². The van der Waals surface area contributed by atoms with Gasteiger partial charge in [-0.3, -0.25) is 4.90 Å². The van der Waals surface area contributed by atoms with E-state index < -0.39 is 0 Å². The molecule has 0 unspecified atom stereocenters. The summed E-state index contributed by atoms with van der Waals surface area (Å²) in [5, 5.41) is 7.98. The predicted octanol–water partition coefficient (Wildman–Crippen LogP) is 1.45. The van der Waals surface area contributed by atoms with Crippen molar-refractivity contribution in [2.45, 2.75) is 25.4 Å². The smallest absolute Gasteiger partial charge is 0.0693 e. The van der Waals surface area contributed by atoms with Gasteiger partial charge in [-0.15, -0.1) is 5.10 Å². The molecule has 3 heterocycles. The van der Waals surface area contributed by atoms with Crippen molar-refractivity contribution in [2.24, 2.45) is 7.05 Å². The molecule has 1 aliphatic heterocycles. The molecule has 96 valence electrons. The van der Waals surface area contributed by atoms with E-state index in [-0.39, 0.29) is 0 Å². The first-order valence-electron chi connectivity index (χ1n) is 6.51. The Balaban J connectivity index is 1.56. The Kier molecular flexibility index (Phi) is 3.15. The molecular weight excluding hydrogens is 226 g/mol. The number of nitrogens with zero attached hydrogens (tertiary/aromatic N) is 5. The molecule has 0 N–H and O–H groups in total. The highest BCUT2D eigenvalue weighted by Gasteiger charge is 2.21. The molecule has 0 saturated carbocycles. The van der Waals surface area contributed by atoms with Crippen LogP contribution in [0.4, 0.5) is 0 Å². The third-order valence-electron chi connectivity index (χ3n) is 3.81. The topological polar surface area (TPSA) is 38.9 Å². The van der Waals surface area contributed by atoms with Crippen LogP contribution >= 0.6 is 0 Å². The second kappa shape index (κ2) is 4.94. The minimum Gasteiger partial charge on any atom is -0.353 e. The second-order valence-corrected chi connectivity index (χ2v) is 5.00. The Morgan fingerprint density at radius 3 is 2.72 bits per heavy atom. The third kappa shape index (κ3) is 2.31. The van der Waals surface area contributed by atoms with E-state index >= 15 is 0 Å². The molecule has 0 bridgehead atoms. The normalized spacial score (nSPS) is 18.3. The first-order valence-corrected chi connectivity index (χ1v) is 6.51. The van der Waals surface area contributed by atoms with Crippen molar-refractivity contribution in [1.29, 1.82) is 0 Å². The third-order valence-corrected chi connectivity index (χ3v) is 3.81. The van der Waals surface area contributed by atoms with Crippen LogP contribution in [0.1, 0.15) is 24.6 Å². The molecule has 0 amide bonds. The van der Waals surface area contributed by atoms with Crippen molar-refractivity contribution in [1.82, 2.24) is 24.5 Å². The maximum Gasteiger partial charge on any atom is 0.0693 e. The van der Waals surface area contributed by atoms with Gasteiger partial charge < -0.3 is 4.57 Å². The summed E-state index contributed by atoms with van der Waals surface area (Å²) in [4.78, 5) is 2.52. The molecule has 2 aromatic rings. The van der Waals surface area contributed by atoms with Crippen LogP contribution in [0.3, 0.4) is 0 Å². The van der Waals surface area contributed by atoms with Gasteiger partial charge in [0.15, 0.2) is 0 Å². The molecule has 5 heteroatoms. The summed E-state index contributed by atoms with van der Waals surface area (Å²) in [7, 11) is 2.11. The van der Waals surface area contributed by atoms with Crippen LogP contribution in [0.15, 0.2) is 30.7 Å². The number of aryl methyl sites for hydroxylation is 1. The Morgan fingerprint density at radius 1 is 1.28 bits per heavy atom. The van der Waals surface area contributed by atoms with Gasteiger partial charge in [0.1, 0.15) is 0 Å². The second-order valence-electron chi connectivity index (χ2n) is 5.00. The maximum absolute atomic E-state index is 4.10. The first kappa shape index (κ1) is 11.5. The SMILES string of the molecule is Cn1cccc1CN1CCC(n2ccnn2)CC1.